The van der Waals surface area contributed by atoms with Crippen LogP contribution in [0.4, 0.5) is 0 Å². The van der Waals surface area contributed by atoms with Crippen LogP contribution < -0.4 is 0 Å². The largest absolute Gasteiger partial charge is 0.481 e. The lowest BCUT2D eigenvalue weighted by Crippen LogP contribution is -2.39. The second-order valence-electron chi connectivity index (χ2n) is 6.05. The standard InChI is InChI=1S/C16H20IN5O2/c17-14-6-1-4-12(10-14)15-18-20-22(19-15)9-3-8-21-7-2-5-13(11-21)16(23)24/h1,4,6,10,13H,2-3,5,7-9,11H2,(H,23,24). The summed E-state index contributed by atoms with van der Waals surface area (Å²) in [5, 5.41) is 21.8. The number of aryl methyl sites for hydroxylation is 1. The number of carbonyl (C=O) groups is 1. The average molecular weight is 441 g/mol. The Labute approximate surface area is 154 Å². The van der Waals surface area contributed by atoms with E-state index in [9.17, 15) is 4.79 Å². The lowest BCUT2D eigenvalue weighted by molar-refractivity contribution is -0.143. The van der Waals surface area contributed by atoms with Crippen molar-refractivity contribution in [1.29, 1.82) is 0 Å². The number of aromatic nitrogens is 4. The molecule has 2 aromatic rings. The zero-order valence-electron chi connectivity index (χ0n) is 13.3. The zero-order valence-corrected chi connectivity index (χ0v) is 15.5. The second-order valence-corrected chi connectivity index (χ2v) is 7.30. The average Bonchev–Trinajstić information content (AvgIpc) is 3.04. The number of carboxylic acids is 1. The molecular weight excluding hydrogens is 421 g/mol. The number of rotatable bonds is 6. The molecule has 1 saturated heterocycles. The first-order chi connectivity index (χ1) is 11.6. The maximum atomic E-state index is 11.1. The molecule has 128 valence electrons. The van der Waals surface area contributed by atoms with Gasteiger partial charge in [0, 0.05) is 15.7 Å². The molecule has 1 aliphatic rings. The van der Waals surface area contributed by atoms with Crippen molar-refractivity contribution < 1.29 is 9.90 Å². The monoisotopic (exact) mass is 441 g/mol. The van der Waals surface area contributed by atoms with Gasteiger partial charge in [-0.05, 0) is 72.3 Å². The van der Waals surface area contributed by atoms with Crippen LogP contribution in [-0.2, 0) is 11.3 Å². The molecule has 0 aliphatic carbocycles. The van der Waals surface area contributed by atoms with Crippen LogP contribution in [0.1, 0.15) is 19.3 Å². The molecule has 1 unspecified atom stereocenters. The third-order valence-electron chi connectivity index (χ3n) is 4.22. The van der Waals surface area contributed by atoms with E-state index in [1.807, 2.05) is 24.3 Å². The summed E-state index contributed by atoms with van der Waals surface area (Å²) in [6, 6.07) is 8.01. The summed E-state index contributed by atoms with van der Waals surface area (Å²) in [7, 11) is 0. The molecule has 1 aromatic carbocycles. The van der Waals surface area contributed by atoms with Crippen molar-refractivity contribution in [3.63, 3.8) is 0 Å². The minimum Gasteiger partial charge on any atom is -0.481 e. The summed E-state index contributed by atoms with van der Waals surface area (Å²) < 4.78 is 1.14. The van der Waals surface area contributed by atoms with E-state index in [0.29, 0.717) is 18.9 Å². The van der Waals surface area contributed by atoms with Gasteiger partial charge in [0.2, 0.25) is 5.82 Å². The highest BCUT2D eigenvalue weighted by atomic mass is 127. The van der Waals surface area contributed by atoms with Crippen LogP contribution in [0.2, 0.25) is 0 Å². The molecule has 0 amide bonds. The predicted molar refractivity (Wildman–Crippen MR) is 97.4 cm³/mol. The van der Waals surface area contributed by atoms with E-state index in [4.69, 9.17) is 5.11 Å². The summed E-state index contributed by atoms with van der Waals surface area (Å²) in [6.45, 7) is 3.17. The molecule has 24 heavy (non-hydrogen) atoms. The summed E-state index contributed by atoms with van der Waals surface area (Å²) >= 11 is 2.26. The second kappa shape index (κ2) is 8.02. The third kappa shape index (κ3) is 4.50. The molecule has 3 rings (SSSR count). The Hall–Kier alpha value is -1.55. The predicted octanol–water partition coefficient (Wildman–Crippen LogP) is 2.13. The smallest absolute Gasteiger partial charge is 0.307 e. The molecule has 1 fully saturated rings. The van der Waals surface area contributed by atoms with Gasteiger partial charge < -0.3 is 10.0 Å². The van der Waals surface area contributed by atoms with E-state index in [1.165, 1.54) is 0 Å². The fourth-order valence-corrected chi connectivity index (χ4v) is 3.52. The molecule has 0 bridgehead atoms. The van der Waals surface area contributed by atoms with Crippen LogP contribution in [0, 0.1) is 9.49 Å². The van der Waals surface area contributed by atoms with Crippen LogP contribution in [-0.4, -0.2) is 55.8 Å². The Bertz CT molecular complexity index is 705. The summed E-state index contributed by atoms with van der Waals surface area (Å²) in [4.78, 5) is 14.9. The molecular formula is C16H20IN5O2. The summed E-state index contributed by atoms with van der Waals surface area (Å²) in [6.07, 6.45) is 2.62. The first kappa shape index (κ1) is 17.3. The van der Waals surface area contributed by atoms with Crippen molar-refractivity contribution in [2.75, 3.05) is 19.6 Å². The molecule has 1 atom stereocenters. The number of carboxylic acid groups (broad SMARTS) is 1. The lowest BCUT2D eigenvalue weighted by Gasteiger charge is -2.30. The Kier molecular flexibility index (Phi) is 5.77. The number of piperidine rings is 1. The quantitative estimate of drug-likeness (QED) is 0.692. The van der Waals surface area contributed by atoms with Crippen LogP contribution in [0.25, 0.3) is 11.4 Å². The van der Waals surface area contributed by atoms with E-state index in [2.05, 4.69) is 42.9 Å². The fraction of sp³-hybridized carbons (Fsp3) is 0.500. The molecule has 8 heteroatoms. The highest BCUT2D eigenvalue weighted by Gasteiger charge is 2.24. The molecule has 0 saturated carbocycles. The molecule has 1 N–H and O–H groups in total. The van der Waals surface area contributed by atoms with Gasteiger partial charge >= 0.3 is 5.97 Å². The van der Waals surface area contributed by atoms with Crippen LogP contribution in [0.15, 0.2) is 24.3 Å². The Morgan fingerprint density at radius 1 is 1.38 bits per heavy atom. The summed E-state index contributed by atoms with van der Waals surface area (Å²) in [5.74, 6) is -0.271. The van der Waals surface area contributed by atoms with Gasteiger partial charge in [-0.3, -0.25) is 4.79 Å². The number of benzene rings is 1. The zero-order chi connectivity index (χ0) is 16.9. The lowest BCUT2D eigenvalue weighted by atomic mass is 9.98. The van der Waals surface area contributed by atoms with Gasteiger partial charge in [0.15, 0.2) is 0 Å². The number of nitrogens with zero attached hydrogens (tertiary/aromatic N) is 5. The summed E-state index contributed by atoms with van der Waals surface area (Å²) in [5.41, 5.74) is 0.966. The highest BCUT2D eigenvalue weighted by Crippen LogP contribution is 2.18. The van der Waals surface area contributed by atoms with Gasteiger partial charge in [-0.15, -0.1) is 10.2 Å². The van der Waals surface area contributed by atoms with Crippen molar-refractivity contribution in [1.82, 2.24) is 25.1 Å². The minimum absolute atomic E-state index is 0.226. The molecule has 0 radical (unpaired) electrons. The van der Waals surface area contributed by atoms with Gasteiger partial charge in [0.1, 0.15) is 0 Å². The number of hydrogen-bond acceptors (Lipinski definition) is 5. The van der Waals surface area contributed by atoms with Crippen LogP contribution in [0.5, 0.6) is 0 Å². The van der Waals surface area contributed by atoms with Crippen LogP contribution >= 0.6 is 22.6 Å². The van der Waals surface area contributed by atoms with Gasteiger partial charge in [0.25, 0.3) is 0 Å². The van der Waals surface area contributed by atoms with Crippen molar-refractivity contribution in [3.8, 4) is 11.4 Å². The first-order valence-corrected chi connectivity index (χ1v) is 9.18. The van der Waals surface area contributed by atoms with E-state index in [1.54, 1.807) is 4.80 Å². The molecule has 0 spiro atoms. The normalized spacial score (nSPS) is 18.6. The molecule has 7 nitrogen and oxygen atoms in total. The molecule has 1 aliphatic heterocycles. The first-order valence-electron chi connectivity index (χ1n) is 8.11. The van der Waals surface area contributed by atoms with Gasteiger partial charge in [0.05, 0.1) is 12.5 Å². The number of halogens is 1. The number of hydrogen-bond donors (Lipinski definition) is 1. The number of likely N-dealkylation sites (tertiary alicyclic amines) is 1. The Balaban J connectivity index is 1.50. The Morgan fingerprint density at radius 2 is 2.25 bits per heavy atom. The minimum atomic E-state index is -0.681. The fourth-order valence-electron chi connectivity index (χ4n) is 2.98. The Morgan fingerprint density at radius 3 is 3.04 bits per heavy atom. The van der Waals surface area contributed by atoms with Crippen molar-refractivity contribution >= 4 is 28.6 Å². The van der Waals surface area contributed by atoms with Crippen molar-refractivity contribution in [3.05, 3.63) is 27.8 Å². The van der Waals surface area contributed by atoms with Crippen molar-refractivity contribution in [2.24, 2.45) is 5.92 Å². The number of tetrazole rings is 1. The van der Waals surface area contributed by atoms with E-state index in [-0.39, 0.29) is 5.92 Å². The maximum absolute atomic E-state index is 11.1. The van der Waals surface area contributed by atoms with Gasteiger partial charge in [-0.25, -0.2) is 0 Å². The number of aliphatic carboxylic acids is 1. The maximum Gasteiger partial charge on any atom is 0.307 e. The highest BCUT2D eigenvalue weighted by molar-refractivity contribution is 14.1. The van der Waals surface area contributed by atoms with Crippen molar-refractivity contribution in [2.45, 2.75) is 25.8 Å². The SMILES string of the molecule is O=C(O)C1CCCN(CCCn2nnc(-c3cccc(I)c3)n2)C1. The van der Waals surface area contributed by atoms with E-state index >= 15 is 0 Å². The van der Waals surface area contributed by atoms with E-state index < -0.39 is 5.97 Å². The van der Waals surface area contributed by atoms with Gasteiger partial charge in [-0.2, -0.15) is 4.80 Å². The topological polar surface area (TPSA) is 84.1 Å². The molecule has 2 heterocycles. The third-order valence-corrected chi connectivity index (χ3v) is 4.89. The molecule has 1 aromatic heterocycles. The van der Waals surface area contributed by atoms with Gasteiger partial charge in [-0.1, -0.05) is 12.1 Å². The van der Waals surface area contributed by atoms with E-state index in [0.717, 1.165) is 41.5 Å². The van der Waals surface area contributed by atoms with Crippen LogP contribution in [0.3, 0.4) is 0 Å².